The number of benzene rings is 1. The predicted octanol–water partition coefficient (Wildman–Crippen LogP) is 2.51. The number of hydrazone groups is 1. The van der Waals surface area contributed by atoms with Crippen molar-refractivity contribution in [1.82, 2.24) is 5.43 Å². The second kappa shape index (κ2) is 4.76. The molecule has 4 nitrogen and oxygen atoms in total. The number of halogens is 1. The van der Waals surface area contributed by atoms with E-state index in [4.69, 9.17) is 16.3 Å². The Labute approximate surface area is 102 Å². The number of hydrogen-bond donors (Lipinski definition) is 1. The second-order valence-electron chi connectivity index (χ2n) is 3.10. The molecule has 0 atom stereocenters. The Bertz CT molecular complexity index is 462. The smallest absolute Gasteiger partial charge is 0.299 e. The molecule has 1 N–H and O–H groups in total. The SMILES string of the molecule is COc1ccc(C2=NNC(=O)SC2)cc1Cl. The third-order valence-corrected chi connectivity index (χ3v) is 3.17. The lowest BCUT2D eigenvalue weighted by Gasteiger charge is -2.12. The van der Waals surface area contributed by atoms with Crippen molar-refractivity contribution < 1.29 is 9.53 Å². The summed E-state index contributed by atoms with van der Waals surface area (Å²) >= 11 is 7.18. The van der Waals surface area contributed by atoms with Gasteiger partial charge >= 0.3 is 0 Å². The van der Waals surface area contributed by atoms with Crippen LogP contribution >= 0.6 is 23.4 Å². The Hall–Kier alpha value is -1.20. The van der Waals surface area contributed by atoms with E-state index in [1.54, 1.807) is 19.2 Å². The molecule has 0 bridgehead atoms. The van der Waals surface area contributed by atoms with Crippen molar-refractivity contribution in [2.75, 3.05) is 12.9 Å². The minimum atomic E-state index is -0.136. The second-order valence-corrected chi connectivity index (χ2v) is 4.45. The molecule has 0 radical (unpaired) electrons. The summed E-state index contributed by atoms with van der Waals surface area (Å²) in [6, 6.07) is 5.42. The van der Waals surface area contributed by atoms with Crippen molar-refractivity contribution in [3.8, 4) is 5.75 Å². The Balaban J connectivity index is 2.28. The molecule has 1 aliphatic heterocycles. The number of rotatable bonds is 2. The molecule has 0 fully saturated rings. The van der Waals surface area contributed by atoms with Crippen LogP contribution in [0.25, 0.3) is 0 Å². The van der Waals surface area contributed by atoms with Crippen LogP contribution in [0.15, 0.2) is 23.3 Å². The summed E-state index contributed by atoms with van der Waals surface area (Å²) in [7, 11) is 1.56. The summed E-state index contributed by atoms with van der Waals surface area (Å²) in [5.74, 6) is 1.17. The lowest BCUT2D eigenvalue weighted by Crippen LogP contribution is -2.23. The summed E-state index contributed by atoms with van der Waals surface area (Å²) in [5.41, 5.74) is 4.10. The molecule has 1 aromatic rings. The first-order chi connectivity index (χ1) is 7.70. The Morgan fingerprint density at radius 3 is 2.94 bits per heavy atom. The monoisotopic (exact) mass is 256 g/mol. The van der Waals surface area contributed by atoms with Gasteiger partial charge in [-0.25, -0.2) is 5.43 Å². The van der Waals surface area contributed by atoms with Crippen molar-refractivity contribution in [1.29, 1.82) is 0 Å². The standard InChI is InChI=1S/C10H9ClN2O2S/c1-15-9-3-2-6(4-7(9)11)8-5-16-10(14)13-12-8/h2-4H,5H2,1H3,(H,13,14). The molecule has 0 aromatic heterocycles. The highest BCUT2D eigenvalue weighted by Gasteiger charge is 2.14. The van der Waals surface area contributed by atoms with Crippen molar-refractivity contribution in [2.24, 2.45) is 5.10 Å². The number of nitrogens with zero attached hydrogens (tertiary/aromatic N) is 1. The molecule has 0 spiro atoms. The normalized spacial score (nSPS) is 15.4. The average Bonchev–Trinajstić information content (AvgIpc) is 2.30. The van der Waals surface area contributed by atoms with Gasteiger partial charge in [0.25, 0.3) is 5.24 Å². The van der Waals surface area contributed by atoms with E-state index in [1.807, 2.05) is 6.07 Å². The van der Waals surface area contributed by atoms with Crippen LogP contribution in [0.2, 0.25) is 5.02 Å². The third kappa shape index (κ3) is 2.31. The Morgan fingerprint density at radius 1 is 1.56 bits per heavy atom. The number of hydrogen-bond acceptors (Lipinski definition) is 4. The maximum atomic E-state index is 10.9. The minimum Gasteiger partial charge on any atom is -0.495 e. The molecule has 2 rings (SSSR count). The largest absolute Gasteiger partial charge is 0.495 e. The fourth-order valence-corrected chi connectivity index (χ4v) is 2.17. The van der Waals surface area contributed by atoms with Crippen molar-refractivity contribution in [2.45, 2.75) is 0 Å². The number of thioether (sulfide) groups is 1. The van der Waals surface area contributed by atoms with Gasteiger partial charge in [0.15, 0.2) is 0 Å². The van der Waals surface area contributed by atoms with E-state index < -0.39 is 0 Å². The van der Waals surface area contributed by atoms with Crippen LogP contribution in [0.5, 0.6) is 5.75 Å². The summed E-state index contributed by atoms with van der Waals surface area (Å²) in [6.45, 7) is 0. The first kappa shape index (κ1) is 11.3. The molecular formula is C10H9ClN2O2S. The van der Waals surface area contributed by atoms with Crippen molar-refractivity contribution >= 4 is 34.3 Å². The summed E-state index contributed by atoms with van der Waals surface area (Å²) < 4.78 is 5.06. The highest BCUT2D eigenvalue weighted by Crippen LogP contribution is 2.26. The van der Waals surface area contributed by atoms with Gasteiger partial charge in [-0.05, 0) is 18.2 Å². The van der Waals surface area contributed by atoms with Gasteiger partial charge in [-0.15, -0.1) is 0 Å². The van der Waals surface area contributed by atoms with E-state index in [1.165, 1.54) is 11.8 Å². The van der Waals surface area contributed by atoms with Crippen molar-refractivity contribution in [3.63, 3.8) is 0 Å². The van der Waals surface area contributed by atoms with Crippen LogP contribution in [-0.2, 0) is 0 Å². The first-order valence-electron chi connectivity index (χ1n) is 4.54. The van der Waals surface area contributed by atoms with Gasteiger partial charge in [-0.2, -0.15) is 5.10 Å². The molecule has 6 heteroatoms. The maximum absolute atomic E-state index is 10.9. The summed E-state index contributed by atoms with van der Waals surface area (Å²) in [5, 5.41) is 4.37. The van der Waals surface area contributed by atoms with Gasteiger partial charge in [0, 0.05) is 11.3 Å². The molecule has 1 amide bonds. The third-order valence-electron chi connectivity index (χ3n) is 2.11. The van der Waals surface area contributed by atoms with E-state index in [9.17, 15) is 4.79 Å². The molecule has 1 heterocycles. The molecule has 84 valence electrons. The number of methoxy groups -OCH3 is 1. The zero-order chi connectivity index (χ0) is 11.5. The minimum absolute atomic E-state index is 0.136. The Morgan fingerprint density at radius 2 is 2.38 bits per heavy atom. The molecule has 0 saturated carbocycles. The number of nitrogens with one attached hydrogen (secondary N) is 1. The molecule has 1 aromatic carbocycles. The fourth-order valence-electron chi connectivity index (χ4n) is 1.31. The molecular weight excluding hydrogens is 248 g/mol. The van der Waals surface area contributed by atoms with Crippen LogP contribution in [0.1, 0.15) is 5.56 Å². The number of amides is 1. The van der Waals surface area contributed by atoms with Gasteiger partial charge in [0.2, 0.25) is 0 Å². The lowest BCUT2D eigenvalue weighted by molar-refractivity contribution is 0.261. The van der Waals surface area contributed by atoms with Crippen LogP contribution in [-0.4, -0.2) is 23.8 Å². The topological polar surface area (TPSA) is 50.7 Å². The van der Waals surface area contributed by atoms with Crippen LogP contribution in [0.4, 0.5) is 4.79 Å². The van der Waals surface area contributed by atoms with Crippen LogP contribution in [0.3, 0.4) is 0 Å². The quantitative estimate of drug-likeness (QED) is 0.885. The average molecular weight is 257 g/mol. The zero-order valence-electron chi connectivity index (χ0n) is 8.49. The van der Waals surface area contributed by atoms with Gasteiger partial charge in [0.05, 0.1) is 17.8 Å². The Kier molecular flexibility index (Phi) is 3.36. The predicted molar refractivity (Wildman–Crippen MR) is 65.5 cm³/mol. The molecule has 0 unspecified atom stereocenters. The van der Waals surface area contributed by atoms with E-state index in [2.05, 4.69) is 10.5 Å². The number of carbonyl (C=O) groups excluding carboxylic acids is 1. The maximum Gasteiger partial charge on any atom is 0.299 e. The first-order valence-corrected chi connectivity index (χ1v) is 5.90. The number of ether oxygens (including phenoxy) is 1. The molecule has 16 heavy (non-hydrogen) atoms. The highest BCUT2D eigenvalue weighted by molar-refractivity contribution is 8.14. The van der Waals surface area contributed by atoms with Gasteiger partial charge in [-0.1, -0.05) is 23.4 Å². The summed E-state index contributed by atoms with van der Waals surface area (Å²) in [6.07, 6.45) is 0. The lowest BCUT2D eigenvalue weighted by atomic mass is 10.1. The highest BCUT2D eigenvalue weighted by atomic mass is 35.5. The summed E-state index contributed by atoms with van der Waals surface area (Å²) in [4.78, 5) is 10.9. The van der Waals surface area contributed by atoms with E-state index in [0.717, 1.165) is 11.3 Å². The van der Waals surface area contributed by atoms with E-state index in [0.29, 0.717) is 16.5 Å². The molecule has 0 aliphatic carbocycles. The van der Waals surface area contributed by atoms with Crippen LogP contribution < -0.4 is 10.2 Å². The zero-order valence-corrected chi connectivity index (χ0v) is 10.1. The molecule has 1 aliphatic rings. The van der Waals surface area contributed by atoms with E-state index >= 15 is 0 Å². The molecule has 0 saturated heterocycles. The van der Waals surface area contributed by atoms with Crippen LogP contribution in [0, 0.1) is 0 Å². The van der Waals surface area contributed by atoms with Crippen molar-refractivity contribution in [3.05, 3.63) is 28.8 Å². The number of carbonyl (C=O) groups is 1. The van der Waals surface area contributed by atoms with Gasteiger partial charge < -0.3 is 4.74 Å². The van der Waals surface area contributed by atoms with Gasteiger partial charge in [0.1, 0.15) is 5.75 Å². The van der Waals surface area contributed by atoms with E-state index in [-0.39, 0.29) is 5.24 Å². The van der Waals surface area contributed by atoms with Gasteiger partial charge in [-0.3, -0.25) is 4.79 Å². The fraction of sp³-hybridized carbons (Fsp3) is 0.200.